The van der Waals surface area contributed by atoms with Gasteiger partial charge in [-0.05, 0) is 37.8 Å². The van der Waals surface area contributed by atoms with E-state index in [1.807, 2.05) is 6.07 Å². The molecule has 1 aliphatic rings. The summed E-state index contributed by atoms with van der Waals surface area (Å²) in [6, 6.07) is 7.98. The normalized spacial score (nSPS) is 17.5. The van der Waals surface area contributed by atoms with Gasteiger partial charge in [-0.3, -0.25) is 9.10 Å². The first kappa shape index (κ1) is 17.8. The third kappa shape index (κ3) is 4.96. The topological polar surface area (TPSA) is 66.5 Å². The van der Waals surface area contributed by atoms with Gasteiger partial charge in [0.15, 0.2) is 0 Å². The Balaban J connectivity index is 2.05. The van der Waals surface area contributed by atoms with Crippen LogP contribution in [0.2, 0.25) is 0 Å². The fourth-order valence-corrected chi connectivity index (χ4v) is 4.34. The number of benzene rings is 1. The molecule has 1 unspecified atom stereocenters. The van der Waals surface area contributed by atoms with Gasteiger partial charge in [-0.25, -0.2) is 8.42 Å². The first-order chi connectivity index (χ1) is 10.9. The second-order valence-electron chi connectivity index (χ2n) is 6.32. The lowest BCUT2D eigenvalue weighted by atomic mass is 9.89. The molecule has 0 spiro atoms. The van der Waals surface area contributed by atoms with Crippen LogP contribution in [0.1, 0.15) is 39.0 Å². The van der Waals surface area contributed by atoms with E-state index < -0.39 is 16.1 Å². The zero-order chi connectivity index (χ0) is 16.9. The number of sulfonamides is 1. The molecule has 1 fully saturated rings. The van der Waals surface area contributed by atoms with Crippen molar-refractivity contribution >= 4 is 21.6 Å². The second kappa shape index (κ2) is 7.81. The summed E-state index contributed by atoms with van der Waals surface area (Å²) in [5.41, 5.74) is 0.510. The third-order valence-electron chi connectivity index (χ3n) is 4.39. The number of amides is 1. The average Bonchev–Trinajstić information content (AvgIpc) is 2.53. The van der Waals surface area contributed by atoms with E-state index in [2.05, 4.69) is 5.32 Å². The molecule has 0 bridgehead atoms. The van der Waals surface area contributed by atoms with Crippen molar-refractivity contribution in [3.05, 3.63) is 30.3 Å². The van der Waals surface area contributed by atoms with Crippen LogP contribution in [-0.4, -0.2) is 33.2 Å². The van der Waals surface area contributed by atoms with E-state index in [1.54, 1.807) is 31.2 Å². The van der Waals surface area contributed by atoms with Crippen LogP contribution >= 0.6 is 0 Å². The summed E-state index contributed by atoms with van der Waals surface area (Å²) < 4.78 is 25.4. The highest BCUT2D eigenvalue weighted by molar-refractivity contribution is 7.92. The SMILES string of the molecule is CC(C(=O)NCC1CCCCC1)N(c1ccccc1)S(C)(=O)=O. The number of nitrogens with zero attached hydrogens (tertiary/aromatic N) is 1. The highest BCUT2D eigenvalue weighted by Gasteiger charge is 2.29. The van der Waals surface area contributed by atoms with Crippen LogP contribution in [0.25, 0.3) is 0 Å². The number of carbonyl (C=O) groups excluding carboxylic acids is 1. The minimum absolute atomic E-state index is 0.246. The van der Waals surface area contributed by atoms with Crippen molar-refractivity contribution in [2.75, 3.05) is 17.1 Å². The molecular weight excluding hydrogens is 312 g/mol. The molecule has 1 saturated carbocycles. The average molecular weight is 338 g/mol. The fourth-order valence-electron chi connectivity index (χ4n) is 3.17. The molecule has 0 heterocycles. The van der Waals surface area contributed by atoms with E-state index in [0.29, 0.717) is 18.2 Å². The quantitative estimate of drug-likeness (QED) is 0.867. The Labute approximate surface area is 139 Å². The standard InChI is InChI=1S/C17H26N2O3S/c1-14(17(20)18-13-15-9-5-3-6-10-15)19(23(2,21)22)16-11-7-4-8-12-16/h4,7-8,11-12,14-15H,3,5-6,9-10,13H2,1-2H3,(H,18,20). The van der Waals surface area contributed by atoms with Gasteiger partial charge in [0.1, 0.15) is 6.04 Å². The summed E-state index contributed by atoms with van der Waals surface area (Å²) in [6.45, 7) is 2.26. The molecule has 2 rings (SSSR count). The van der Waals surface area contributed by atoms with Crippen LogP contribution in [0, 0.1) is 5.92 Å². The Morgan fingerprint density at radius 1 is 1.22 bits per heavy atom. The molecule has 1 amide bonds. The minimum atomic E-state index is -3.53. The first-order valence-electron chi connectivity index (χ1n) is 8.22. The Kier molecular flexibility index (Phi) is 6.04. The minimum Gasteiger partial charge on any atom is -0.354 e. The highest BCUT2D eigenvalue weighted by Crippen LogP contribution is 2.23. The number of para-hydroxylation sites is 1. The van der Waals surface area contributed by atoms with Crippen molar-refractivity contribution in [3.63, 3.8) is 0 Å². The Morgan fingerprint density at radius 3 is 2.39 bits per heavy atom. The zero-order valence-electron chi connectivity index (χ0n) is 13.9. The molecular formula is C17H26N2O3S. The Bertz CT molecular complexity index is 610. The van der Waals surface area contributed by atoms with Gasteiger partial charge in [0, 0.05) is 6.54 Å². The van der Waals surface area contributed by atoms with Crippen LogP contribution in [0.4, 0.5) is 5.69 Å². The molecule has 1 aliphatic carbocycles. The van der Waals surface area contributed by atoms with Crippen molar-refractivity contribution < 1.29 is 13.2 Å². The number of hydrogen-bond donors (Lipinski definition) is 1. The molecule has 0 aromatic heterocycles. The van der Waals surface area contributed by atoms with Gasteiger partial charge in [-0.15, -0.1) is 0 Å². The summed E-state index contributed by atoms with van der Waals surface area (Å²) >= 11 is 0. The maximum Gasteiger partial charge on any atom is 0.243 e. The van der Waals surface area contributed by atoms with Crippen LogP contribution in [0.5, 0.6) is 0 Å². The largest absolute Gasteiger partial charge is 0.354 e. The van der Waals surface area contributed by atoms with E-state index in [0.717, 1.165) is 19.1 Å². The van der Waals surface area contributed by atoms with E-state index in [4.69, 9.17) is 0 Å². The van der Waals surface area contributed by atoms with Crippen molar-refractivity contribution in [3.8, 4) is 0 Å². The lowest BCUT2D eigenvalue weighted by Gasteiger charge is -2.29. The molecule has 23 heavy (non-hydrogen) atoms. The molecule has 1 atom stereocenters. The van der Waals surface area contributed by atoms with Gasteiger partial charge in [0.25, 0.3) is 0 Å². The Hall–Kier alpha value is -1.56. The van der Waals surface area contributed by atoms with E-state index in [1.165, 1.54) is 23.6 Å². The van der Waals surface area contributed by atoms with Crippen molar-refractivity contribution in [1.29, 1.82) is 0 Å². The van der Waals surface area contributed by atoms with Crippen molar-refractivity contribution in [2.24, 2.45) is 5.92 Å². The number of anilines is 1. The van der Waals surface area contributed by atoms with Crippen molar-refractivity contribution in [2.45, 2.75) is 45.1 Å². The summed E-state index contributed by atoms with van der Waals surface area (Å²) in [5, 5.41) is 2.93. The maximum absolute atomic E-state index is 12.4. The molecule has 0 saturated heterocycles. The molecule has 0 radical (unpaired) electrons. The van der Waals surface area contributed by atoms with Gasteiger partial charge < -0.3 is 5.32 Å². The van der Waals surface area contributed by atoms with Crippen LogP contribution in [0.3, 0.4) is 0 Å². The Morgan fingerprint density at radius 2 is 1.83 bits per heavy atom. The predicted octanol–water partition coefficient (Wildman–Crippen LogP) is 2.54. The number of nitrogens with one attached hydrogen (secondary N) is 1. The monoisotopic (exact) mass is 338 g/mol. The molecule has 128 valence electrons. The van der Waals surface area contributed by atoms with Crippen LogP contribution in [-0.2, 0) is 14.8 Å². The van der Waals surface area contributed by atoms with Crippen LogP contribution < -0.4 is 9.62 Å². The first-order valence-corrected chi connectivity index (χ1v) is 10.1. The highest BCUT2D eigenvalue weighted by atomic mass is 32.2. The van der Waals surface area contributed by atoms with E-state index in [9.17, 15) is 13.2 Å². The van der Waals surface area contributed by atoms with Crippen molar-refractivity contribution in [1.82, 2.24) is 5.32 Å². The van der Waals surface area contributed by atoms with E-state index in [-0.39, 0.29) is 5.91 Å². The number of hydrogen-bond acceptors (Lipinski definition) is 3. The summed E-state index contributed by atoms with van der Waals surface area (Å²) in [4.78, 5) is 12.4. The molecule has 0 aliphatic heterocycles. The third-order valence-corrected chi connectivity index (χ3v) is 5.63. The number of rotatable bonds is 6. The van der Waals surface area contributed by atoms with Gasteiger partial charge in [-0.2, -0.15) is 0 Å². The summed E-state index contributed by atoms with van der Waals surface area (Å²) in [7, 11) is -3.53. The lowest BCUT2D eigenvalue weighted by molar-refractivity contribution is -0.122. The van der Waals surface area contributed by atoms with Gasteiger partial charge in [0.2, 0.25) is 15.9 Å². The maximum atomic E-state index is 12.4. The lowest BCUT2D eigenvalue weighted by Crippen LogP contribution is -2.48. The molecule has 1 aromatic carbocycles. The fraction of sp³-hybridized carbons (Fsp3) is 0.588. The van der Waals surface area contributed by atoms with Gasteiger partial charge in [-0.1, -0.05) is 37.5 Å². The molecule has 1 aromatic rings. The zero-order valence-corrected chi connectivity index (χ0v) is 14.7. The predicted molar refractivity (Wildman–Crippen MR) is 92.8 cm³/mol. The second-order valence-corrected chi connectivity index (χ2v) is 8.18. The van der Waals surface area contributed by atoms with E-state index >= 15 is 0 Å². The molecule has 5 nitrogen and oxygen atoms in total. The van der Waals surface area contributed by atoms with Gasteiger partial charge >= 0.3 is 0 Å². The molecule has 6 heteroatoms. The number of carbonyl (C=O) groups is 1. The van der Waals surface area contributed by atoms with Crippen LogP contribution in [0.15, 0.2) is 30.3 Å². The summed E-state index contributed by atoms with van der Waals surface area (Å²) in [5.74, 6) is 0.271. The summed E-state index contributed by atoms with van der Waals surface area (Å²) in [6.07, 6.45) is 7.12. The van der Waals surface area contributed by atoms with Gasteiger partial charge in [0.05, 0.1) is 11.9 Å². The smallest absolute Gasteiger partial charge is 0.243 e. The molecule has 1 N–H and O–H groups in total.